The average molecular weight is 524 g/mol. The fraction of sp³-hybridized carbons (Fsp3) is 0.458. The molecule has 0 unspecified atom stereocenters. The first kappa shape index (κ1) is 27.1. The van der Waals surface area contributed by atoms with E-state index in [4.69, 9.17) is 4.74 Å². The lowest BCUT2D eigenvalue weighted by Crippen LogP contribution is -2.43. The van der Waals surface area contributed by atoms with Gasteiger partial charge in [-0.25, -0.2) is 25.4 Å². The van der Waals surface area contributed by atoms with Gasteiger partial charge in [0.25, 0.3) is 0 Å². The molecule has 0 aromatic heterocycles. The van der Waals surface area contributed by atoms with Crippen LogP contribution in [0.1, 0.15) is 24.0 Å². The lowest BCUT2D eigenvalue weighted by molar-refractivity contribution is -0.126. The van der Waals surface area contributed by atoms with Crippen LogP contribution in [0.4, 0.5) is 0 Å². The van der Waals surface area contributed by atoms with Crippen molar-refractivity contribution in [2.24, 2.45) is 5.92 Å². The smallest absolute Gasteiger partial charge is 0.242 e. The number of carbonyl (C=O) groups excluding carboxylic acids is 1. The van der Waals surface area contributed by atoms with E-state index >= 15 is 0 Å². The minimum atomic E-state index is -3.49. The van der Waals surface area contributed by atoms with E-state index < -0.39 is 20.0 Å². The number of benzene rings is 2. The maximum atomic E-state index is 12.7. The predicted octanol–water partition coefficient (Wildman–Crippen LogP) is 1.98. The summed E-state index contributed by atoms with van der Waals surface area (Å²) in [6.45, 7) is 3.13. The molecule has 2 aromatic rings. The Bertz CT molecular complexity index is 1200. The minimum Gasteiger partial charge on any atom is -0.492 e. The molecule has 1 amide bonds. The lowest BCUT2D eigenvalue weighted by atomic mass is 9.97. The second-order valence-corrected chi connectivity index (χ2v) is 12.9. The van der Waals surface area contributed by atoms with Crippen LogP contribution >= 0.6 is 0 Å². The van der Waals surface area contributed by atoms with E-state index in [1.807, 2.05) is 31.2 Å². The molecule has 192 valence electrons. The number of aryl methyl sites for hydroxylation is 1. The standard InChI is InChI=1S/C24H33N3O6S2/c1-19-4-6-20(7-5-19)18-34(29,30)27-15-12-21(13-16-27)24(28)25-14-17-33-22-8-10-23(11-9-22)35(31,32)26(2)3/h4-11,21H,12-18H2,1-3H3,(H,25,28). The summed E-state index contributed by atoms with van der Waals surface area (Å²) in [4.78, 5) is 12.7. The molecule has 2 aromatic carbocycles. The first-order valence-electron chi connectivity index (χ1n) is 11.5. The third kappa shape index (κ3) is 7.26. The van der Waals surface area contributed by atoms with E-state index in [0.29, 0.717) is 38.2 Å². The topological polar surface area (TPSA) is 113 Å². The first-order chi connectivity index (χ1) is 16.5. The van der Waals surface area contributed by atoms with Crippen LogP contribution in [-0.2, 0) is 30.6 Å². The molecule has 1 aliphatic rings. The van der Waals surface area contributed by atoms with Gasteiger partial charge in [0.2, 0.25) is 26.0 Å². The summed E-state index contributed by atoms with van der Waals surface area (Å²) >= 11 is 0. The van der Waals surface area contributed by atoms with Gasteiger partial charge in [0, 0.05) is 33.1 Å². The number of hydrogen-bond donors (Lipinski definition) is 1. The van der Waals surface area contributed by atoms with Gasteiger partial charge in [0.05, 0.1) is 17.2 Å². The van der Waals surface area contributed by atoms with Gasteiger partial charge in [-0.1, -0.05) is 29.8 Å². The zero-order valence-electron chi connectivity index (χ0n) is 20.3. The number of piperidine rings is 1. The third-order valence-corrected chi connectivity index (χ3v) is 9.64. The van der Waals surface area contributed by atoms with Crippen molar-refractivity contribution in [2.75, 3.05) is 40.3 Å². The predicted molar refractivity (Wildman–Crippen MR) is 134 cm³/mol. The largest absolute Gasteiger partial charge is 0.492 e. The van der Waals surface area contributed by atoms with E-state index in [2.05, 4.69) is 5.32 Å². The van der Waals surface area contributed by atoms with E-state index in [1.165, 1.54) is 30.5 Å². The van der Waals surface area contributed by atoms with Crippen LogP contribution in [0.25, 0.3) is 0 Å². The molecular weight excluding hydrogens is 490 g/mol. The molecule has 1 heterocycles. The summed E-state index contributed by atoms with van der Waals surface area (Å²) in [5.74, 6) is 0.112. The van der Waals surface area contributed by atoms with Gasteiger partial charge in [0.15, 0.2) is 0 Å². The van der Waals surface area contributed by atoms with E-state index in [1.54, 1.807) is 12.1 Å². The molecule has 0 spiro atoms. The van der Waals surface area contributed by atoms with E-state index in [9.17, 15) is 21.6 Å². The number of rotatable bonds is 10. The Morgan fingerprint density at radius 2 is 1.60 bits per heavy atom. The quantitative estimate of drug-likeness (QED) is 0.477. The van der Waals surface area contributed by atoms with Crippen molar-refractivity contribution in [3.05, 3.63) is 59.7 Å². The maximum Gasteiger partial charge on any atom is 0.242 e. The zero-order valence-corrected chi connectivity index (χ0v) is 21.9. The molecule has 0 saturated carbocycles. The lowest BCUT2D eigenvalue weighted by Gasteiger charge is -2.30. The summed E-state index contributed by atoms with van der Waals surface area (Å²) in [5.41, 5.74) is 1.83. The summed E-state index contributed by atoms with van der Waals surface area (Å²) in [5, 5.41) is 2.84. The molecular formula is C24H33N3O6S2. The van der Waals surface area contributed by atoms with Crippen molar-refractivity contribution in [3.8, 4) is 5.75 Å². The molecule has 0 atom stereocenters. The van der Waals surface area contributed by atoms with Crippen LogP contribution in [0.3, 0.4) is 0 Å². The van der Waals surface area contributed by atoms with Gasteiger partial charge < -0.3 is 10.1 Å². The Kier molecular flexibility index (Phi) is 8.92. The summed E-state index contributed by atoms with van der Waals surface area (Å²) in [6.07, 6.45) is 0.948. The monoisotopic (exact) mass is 523 g/mol. The molecule has 0 radical (unpaired) electrons. The fourth-order valence-corrected chi connectivity index (χ4v) is 6.25. The van der Waals surface area contributed by atoms with Crippen LogP contribution in [-0.4, -0.2) is 71.7 Å². The molecule has 35 heavy (non-hydrogen) atoms. The van der Waals surface area contributed by atoms with Crippen molar-refractivity contribution in [1.82, 2.24) is 13.9 Å². The Morgan fingerprint density at radius 1 is 1.00 bits per heavy atom. The molecule has 1 aliphatic heterocycles. The van der Waals surface area contributed by atoms with Gasteiger partial charge in [-0.2, -0.15) is 0 Å². The highest BCUT2D eigenvalue weighted by Gasteiger charge is 2.31. The SMILES string of the molecule is Cc1ccc(CS(=O)(=O)N2CCC(C(=O)NCCOc3ccc(S(=O)(=O)N(C)C)cc3)CC2)cc1. The summed E-state index contributed by atoms with van der Waals surface area (Å²) in [6, 6.07) is 13.6. The van der Waals surface area contributed by atoms with Crippen LogP contribution in [0.5, 0.6) is 5.75 Å². The molecule has 1 N–H and O–H groups in total. The third-order valence-electron chi connectivity index (χ3n) is 5.96. The Balaban J connectivity index is 1.40. The van der Waals surface area contributed by atoms with Crippen LogP contribution in [0.15, 0.2) is 53.4 Å². The Labute approximate surface area is 208 Å². The molecule has 0 aliphatic carbocycles. The van der Waals surface area contributed by atoms with Crippen molar-refractivity contribution >= 4 is 26.0 Å². The van der Waals surface area contributed by atoms with Gasteiger partial charge in [-0.05, 0) is 49.6 Å². The van der Waals surface area contributed by atoms with Crippen molar-refractivity contribution < 1.29 is 26.4 Å². The summed E-state index contributed by atoms with van der Waals surface area (Å²) in [7, 11) is -3.98. The molecule has 1 saturated heterocycles. The number of hydrogen-bond acceptors (Lipinski definition) is 6. The van der Waals surface area contributed by atoms with Gasteiger partial charge in [-0.3, -0.25) is 4.79 Å². The van der Waals surface area contributed by atoms with Crippen molar-refractivity contribution in [1.29, 1.82) is 0 Å². The first-order valence-corrected chi connectivity index (χ1v) is 14.5. The van der Waals surface area contributed by atoms with Gasteiger partial charge in [0.1, 0.15) is 12.4 Å². The number of amides is 1. The molecule has 11 heteroatoms. The van der Waals surface area contributed by atoms with Crippen LogP contribution in [0.2, 0.25) is 0 Å². The minimum absolute atomic E-state index is 0.0382. The van der Waals surface area contributed by atoms with Crippen molar-refractivity contribution in [3.63, 3.8) is 0 Å². The Hall–Kier alpha value is -2.47. The zero-order chi connectivity index (χ0) is 25.6. The number of ether oxygens (including phenoxy) is 1. The number of sulfonamides is 2. The number of nitrogens with one attached hydrogen (secondary N) is 1. The molecule has 1 fully saturated rings. The fourth-order valence-electron chi connectivity index (χ4n) is 3.79. The highest BCUT2D eigenvalue weighted by molar-refractivity contribution is 7.89. The van der Waals surface area contributed by atoms with Crippen LogP contribution in [0, 0.1) is 12.8 Å². The maximum absolute atomic E-state index is 12.7. The Morgan fingerprint density at radius 3 is 2.17 bits per heavy atom. The second kappa shape index (κ2) is 11.5. The van der Waals surface area contributed by atoms with Crippen molar-refractivity contribution in [2.45, 2.75) is 30.4 Å². The van der Waals surface area contributed by atoms with Crippen LogP contribution < -0.4 is 10.1 Å². The second-order valence-electron chi connectivity index (χ2n) is 8.81. The highest BCUT2D eigenvalue weighted by atomic mass is 32.2. The number of carbonyl (C=O) groups is 1. The molecule has 0 bridgehead atoms. The normalized spacial score (nSPS) is 15.8. The average Bonchev–Trinajstić information content (AvgIpc) is 2.83. The van der Waals surface area contributed by atoms with Gasteiger partial charge in [-0.15, -0.1) is 0 Å². The number of nitrogens with zero attached hydrogens (tertiary/aromatic N) is 2. The van der Waals surface area contributed by atoms with E-state index in [0.717, 1.165) is 15.4 Å². The molecule has 9 nitrogen and oxygen atoms in total. The summed E-state index contributed by atoms with van der Waals surface area (Å²) < 4.78 is 57.9. The molecule has 3 rings (SSSR count). The highest BCUT2D eigenvalue weighted by Crippen LogP contribution is 2.22. The van der Waals surface area contributed by atoms with Gasteiger partial charge >= 0.3 is 0 Å². The van der Waals surface area contributed by atoms with E-state index in [-0.39, 0.29) is 29.1 Å².